The van der Waals surface area contributed by atoms with E-state index in [1.165, 1.54) is 43.9 Å². The summed E-state index contributed by atoms with van der Waals surface area (Å²) in [6.07, 6.45) is 1.32. The third kappa shape index (κ3) is 3.24. The topological polar surface area (TPSA) is 57.5 Å². The van der Waals surface area contributed by atoms with Gasteiger partial charge in [-0.25, -0.2) is 0 Å². The average molecular weight is 561 g/mol. The Bertz CT molecular complexity index is 2700. The van der Waals surface area contributed by atoms with Crippen LogP contribution in [-0.2, 0) is 0 Å². The van der Waals surface area contributed by atoms with Crippen LogP contribution in [-0.4, -0.2) is 15.3 Å². The largest absolute Gasteiger partial charge is 0.309 e. The van der Waals surface area contributed by atoms with E-state index in [0.29, 0.717) is 11.1 Å². The first-order chi connectivity index (χ1) is 21.8. The van der Waals surface area contributed by atoms with Crippen LogP contribution < -0.4 is 0 Å². The summed E-state index contributed by atoms with van der Waals surface area (Å²) in [7, 11) is 0. The molecule has 0 saturated heterocycles. The van der Waals surface area contributed by atoms with E-state index in [1.54, 1.807) is 0 Å². The van der Waals surface area contributed by atoms with Gasteiger partial charge in [0.2, 0.25) is 0 Å². The third-order valence-corrected chi connectivity index (χ3v) is 9.03. The molecule has 1 N–H and O–H groups in total. The Morgan fingerprint density at radius 3 is 1.59 bits per heavy atom. The van der Waals surface area contributed by atoms with Crippen molar-refractivity contribution in [2.45, 2.75) is 0 Å². The first-order valence-corrected chi connectivity index (χ1v) is 14.7. The van der Waals surface area contributed by atoms with Crippen molar-refractivity contribution in [2.24, 2.45) is 0 Å². The lowest BCUT2D eigenvalue weighted by molar-refractivity contribution is 1.13. The van der Waals surface area contributed by atoms with Crippen molar-refractivity contribution in [1.82, 2.24) is 9.13 Å². The molecule has 0 aliphatic heterocycles. The zero-order valence-corrected chi connectivity index (χ0v) is 23.6. The van der Waals surface area contributed by atoms with Gasteiger partial charge < -0.3 is 14.5 Å². The maximum Gasteiger partial charge on any atom is 0.1000 e. The van der Waals surface area contributed by atoms with Gasteiger partial charge in [-0.15, -0.1) is 0 Å². The van der Waals surface area contributed by atoms with Crippen molar-refractivity contribution in [3.63, 3.8) is 0 Å². The van der Waals surface area contributed by atoms with Gasteiger partial charge in [0.15, 0.2) is 0 Å². The number of hydrogen-bond donors (Lipinski definition) is 1. The Labute approximate surface area is 252 Å². The fraction of sp³-hybridized carbons (Fsp3) is 0. The fourth-order valence-electron chi connectivity index (χ4n) is 7.20. The molecule has 4 heteroatoms. The molecule has 0 amide bonds. The Hall–Kier alpha value is -6.18. The Kier molecular flexibility index (Phi) is 5.08. The van der Waals surface area contributed by atoms with Crippen molar-refractivity contribution in [3.05, 3.63) is 145 Å². The number of rotatable bonds is 3. The summed E-state index contributed by atoms with van der Waals surface area (Å²) in [5.74, 6) is 0. The summed E-state index contributed by atoms with van der Waals surface area (Å²) in [4.78, 5) is 0. The highest BCUT2D eigenvalue weighted by atomic mass is 15.0. The van der Waals surface area contributed by atoms with E-state index in [0.717, 1.165) is 38.8 Å². The molecule has 0 aliphatic rings. The van der Waals surface area contributed by atoms with E-state index in [1.807, 2.05) is 6.07 Å². The molecule has 44 heavy (non-hydrogen) atoms. The van der Waals surface area contributed by atoms with E-state index < -0.39 is 0 Å². The first-order valence-electron chi connectivity index (χ1n) is 14.7. The second kappa shape index (κ2) is 9.16. The molecule has 9 aromatic rings. The van der Waals surface area contributed by atoms with E-state index in [9.17, 15) is 5.26 Å². The molecular weight excluding hydrogens is 536 g/mol. The van der Waals surface area contributed by atoms with Gasteiger partial charge in [-0.3, -0.25) is 0 Å². The number of hydrogen-bond acceptors (Lipinski definition) is 2. The van der Waals surface area contributed by atoms with Gasteiger partial charge in [-0.1, -0.05) is 97.1 Å². The summed E-state index contributed by atoms with van der Waals surface area (Å²) < 4.78 is 4.49. The van der Waals surface area contributed by atoms with Gasteiger partial charge in [0, 0.05) is 39.0 Å². The van der Waals surface area contributed by atoms with Crippen LogP contribution in [0.15, 0.2) is 133 Å². The quantitative estimate of drug-likeness (QED) is 0.215. The lowest BCUT2D eigenvalue weighted by atomic mass is 10.0. The van der Waals surface area contributed by atoms with Crippen LogP contribution in [0, 0.1) is 16.7 Å². The highest BCUT2D eigenvalue weighted by Gasteiger charge is 2.21. The molecule has 0 saturated carbocycles. The van der Waals surface area contributed by atoms with Crippen LogP contribution in [0.3, 0.4) is 0 Å². The zero-order valence-electron chi connectivity index (χ0n) is 23.6. The lowest BCUT2D eigenvalue weighted by Gasteiger charge is -2.17. The summed E-state index contributed by atoms with van der Waals surface area (Å²) >= 11 is 0. The summed E-state index contributed by atoms with van der Waals surface area (Å²) in [6.45, 7) is 0. The number of nitriles is 1. The van der Waals surface area contributed by atoms with Crippen molar-refractivity contribution < 1.29 is 0 Å². The minimum Gasteiger partial charge on any atom is -0.309 e. The normalized spacial score (nSPS) is 11.7. The smallest absolute Gasteiger partial charge is 0.1000 e. The van der Waals surface area contributed by atoms with Crippen molar-refractivity contribution in [2.75, 3.05) is 0 Å². The molecule has 0 unspecified atom stereocenters. The molecule has 4 nitrogen and oxygen atoms in total. The molecule has 0 bridgehead atoms. The minimum absolute atomic E-state index is 0.464. The van der Waals surface area contributed by atoms with Gasteiger partial charge in [0.05, 0.1) is 39.4 Å². The van der Waals surface area contributed by atoms with E-state index in [-0.39, 0.29) is 0 Å². The number of para-hydroxylation sites is 2. The van der Waals surface area contributed by atoms with Crippen LogP contribution >= 0.6 is 0 Å². The number of nitrogens with zero attached hydrogens (tertiary/aromatic N) is 3. The molecule has 7 aromatic carbocycles. The number of benzene rings is 7. The number of aromatic nitrogens is 2. The standard InChI is InChI=1S/C40H24N4/c41-23-27-21-28(43-34-15-7-5-13-31(34)39-29-11-3-1-9-25(29)17-19-36(39)43)22-38(33(27)24-42)44-35-16-8-6-14-32(35)40-30-12-4-2-10-26(30)18-20-37(40)44/h1-22,24,42H. The Morgan fingerprint density at radius 2 is 1.02 bits per heavy atom. The summed E-state index contributed by atoms with van der Waals surface area (Å²) in [5, 5.41) is 28.4. The van der Waals surface area contributed by atoms with Crippen molar-refractivity contribution in [1.29, 1.82) is 10.7 Å². The van der Waals surface area contributed by atoms with Crippen molar-refractivity contribution in [3.8, 4) is 17.4 Å². The second-order valence-corrected chi connectivity index (χ2v) is 11.2. The van der Waals surface area contributed by atoms with Gasteiger partial charge >= 0.3 is 0 Å². The maximum absolute atomic E-state index is 10.5. The second-order valence-electron chi connectivity index (χ2n) is 11.2. The number of fused-ring (bicyclic) bond motifs is 10. The van der Waals surface area contributed by atoms with Crippen LogP contribution in [0.2, 0.25) is 0 Å². The van der Waals surface area contributed by atoms with Crippen LogP contribution in [0.5, 0.6) is 0 Å². The molecule has 0 fully saturated rings. The predicted octanol–water partition coefficient (Wildman–Crippen LogP) is 10.1. The van der Waals surface area contributed by atoms with E-state index in [4.69, 9.17) is 5.41 Å². The van der Waals surface area contributed by atoms with Crippen LogP contribution in [0.1, 0.15) is 11.1 Å². The fourth-order valence-corrected chi connectivity index (χ4v) is 7.20. The SMILES string of the molecule is N#Cc1cc(-n2c3ccccc3c3c4ccccc4ccc32)cc(-n2c3ccccc3c3c4ccccc4ccc32)c1C=N. The molecular formula is C40H24N4. The van der Waals surface area contributed by atoms with Gasteiger partial charge in [0.1, 0.15) is 0 Å². The monoisotopic (exact) mass is 560 g/mol. The van der Waals surface area contributed by atoms with Gasteiger partial charge in [0.25, 0.3) is 0 Å². The molecule has 0 aliphatic carbocycles. The molecule has 9 rings (SSSR count). The molecule has 204 valence electrons. The van der Waals surface area contributed by atoms with Crippen molar-refractivity contribution >= 4 is 71.4 Å². The summed E-state index contributed by atoms with van der Waals surface area (Å²) in [5.41, 5.74) is 6.99. The first kappa shape index (κ1) is 24.4. The molecule has 2 aromatic heterocycles. The third-order valence-electron chi connectivity index (χ3n) is 9.03. The van der Waals surface area contributed by atoms with Crippen LogP contribution in [0.4, 0.5) is 0 Å². The Balaban J connectivity index is 1.45. The van der Waals surface area contributed by atoms with E-state index >= 15 is 0 Å². The average Bonchev–Trinajstić information content (AvgIpc) is 3.61. The van der Waals surface area contributed by atoms with E-state index in [2.05, 4.69) is 143 Å². The molecule has 2 heterocycles. The minimum atomic E-state index is 0.464. The molecule has 0 radical (unpaired) electrons. The van der Waals surface area contributed by atoms with Crippen LogP contribution in [0.25, 0.3) is 76.5 Å². The highest BCUT2D eigenvalue weighted by Crippen LogP contribution is 2.40. The molecule has 0 atom stereocenters. The summed E-state index contributed by atoms with van der Waals surface area (Å²) in [6, 6.07) is 49.0. The zero-order chi connectivity index (χ0) is 29.4. The maximum atomic E-state index is 10.5. The predicted molar refractivity (Wildman–Crippen MR) is 183 cm³/mol. The highest BCUT2D eigenvalue weighted by molar-refractivity contribution is 6.22. The van der Waals surface area contributed by atoms with Gasteiger partial charge in [-0.05, 0) is 57.9 Å². The molecule has 0 spiro atoms. The lowest BCUT2D eigenvalue weighted by Crippen LogP contribution is -2.05. The number of nitrogens with one attached hydrogen (secondary N) is 1. The Morgan fingerprint density at radius 1 is 0.523 bits per heavy atom. The van der Waals surface area contributed by atoms with Gasteiger partial charge in [-0.2, -0.15) is 5.26 Å².